The van der Waals surface area contributed by atoms with Crippen LogP contribution in [0.3, 0.4) is 0 Å². The summed E-state index contributed by atoms with van der Waals surface area (Å²) in [6.07, 6.45) is 0. The Kier molecular flexibility index (Phi) is 4.75. The predicted octanol–water partition coefficient (Wildman–Crippen LogP) is 1.69. The Hall–Kier alpha value is -4.47. The van der Waals surface area contributed by atoms with Gasteiger partial charge in [-0.15, -0.1) is 0 Å². The van der Waals surface area contributed by atoms with Crippen molar-refractivity contribution in [3.63, 3.8) is 0 Å². The summed E-state index contributed by atoms with van der Waals surface area (Å²) >= 11 is 0. The van der Waals surface area contributed by atoms with Crippen LogP contribution in [-0.4, -0.2) is 51.7 Å². The van der Waals surface area contributed by atoms with Crippen molar-refractivity contribution in [2.75, 3.05) is 25.1 Å². The van der Waals surface area contributed by atoms with Gasteiger partial charge in [-0.05, 0) is 11.1 Å². The van der Waals surface area contributed by atoms with Gasteiger partial charge >= 0.3 is 6.03 Å². The second-order valence-corrected chi connectivity index (χ2v) is 8.43. The fourth-order valence-corrected chi connectivity index (χ4v) is 5.13. The molecule has 1 aromatic heterocycles. The maximum atomic E-state index is 14.1. The first-order valence-corrected chi connectivity index (χ1v) is 10.6. The molecule has 2 aromatic carbocycles. The number of amides is 4. The highest BCUT2D eigenvalue weighted by atomic mass is 16.2. The van der Waals surface area contributed by atoms with Crippen molar-refractivity contribution >= 4 is 29.6 Å². The Morgan fingerprint density at radius 2 is 1.38 bits per heavy atom. The minimum Gasteiger partial charge on any atom is -0.369 e. The van der Waals surface area contributed by atoms with Crippen LogP contribution in [0.4, 0.5) is 16.6 Å². The summed E-state index contributed by atoms with van der Waals surface area (Å²) in [6, 6.07) is 16.1. The van der Waals surface area contributed by atoms with Gasteiger partial charge < -0.3 is 11.1 Å². The minimum atomic E-state index is -1.89. The normalized spacial score (nSPS) is 21.4. The van der Waals surface area contributed by atoms with E-state index in [1.807, 2.05) is 6.07 Å². The van der Waals surface area contributed by atoms with E-state index in [4.69, 9.17) is 5.73 Å². The van der Waals surface area contributed by atoms with E-state index in [1.54, 1.807) is 54.6 Å². The Balaban J connectivity index is 1.93. The van der Waals surface area contributed by atoms with Gasteiger partial charge in [0.05, 0.1) is 11.6 Å². The van der Waals surface area contributed by atoms with Crippen molar-refractivity contribution in [1.29, 1.82) is 0 Å². The zero-order chi connectivity index (χ0) is 24.2. The topological polar surface area (TPSA) is 141 Å². The summed E-state index contributed by atoms with van der Waals surface area (Å²) in [4.78, 5) is 62.8. The van der Waals surface area contributed by atoms with E-state index in [-0.39, 0.29) is 17.3 Å². The molecule has 10 nitrogen and oxygen atoms in total. The van der Waals surface area contributed by atoms with Gasteiger partial charge in [-0.1, -0.05) is 60.7 Å². The minimum absolute atomic E-state index is 0.100. The Morgan fingerprint density at radius 1 is 0.853 bits per heavy atom. The van der Waals surface area contributed by atoms with Gasteiger partial charge in [-0.2, -0.15) is 4.98 Å². The summed E-state index contributed by atoms with van der Waals surface area (Å²) in [6.45, 7) is 0. The summed E-state index contributed by atoms with van der Waals surface area (Å²) in [5.74, 6) is -2.39. The van der Waals surface area contributed by atoms with Gasteiger partial charge in [-0.3, -0.25) is 29.2 Å². The summed E-state index contributed by atoms with van der Waals surface area (Å²) in [5.41, 5.74) is 4.65. The molecular formula is C24H22N6O4. The van der Waals surface area contributed by atoms with E-state index in [1.165, 1.54) is 14.1 Å². The number of hydrogen-bond acceptors (Lipinski definition) is 7. The van der Waals surface area contributed by atoms with Crippen molar-refractivity contribution in [1.82, 2.24) is 19.8 Å². The first kappa shape index (κ1) is 21.4. The fraction of sp³-hybridized carbons (Fsp3) is 0.208. The van der Waals surface area contributed by atoms with Crippen molar-refractivity contribution in [3.8, 4) is 0 Å². The molecule has 34 heavy (non-hydrogen) atoms. The third-order valence-electron chi connectivity index (χ3n) is 6.61. The number of H-pyrrole nitrogens is 1. The Bertz CT molecular complexity index is 1350. The number of hydrogen-bond donors (Lipinski definition) is 3. The number of nitrogens with zero attached hydrogens (tertiary/aromatic N) is 3. The van der Waals surface area contributed by atoms with Crippen LogP contribution in [0, 0.1) is 5.41 Å². The van der Waals surface area contributed by atoms with Crippen molar-refractivity contribution in [2.45, 2.75) is 12.0 Å². The molecule has 2 atom stereocenters. The van der Waals surface area contributed by atoms with Gasteiger partial charge in [0, 0.05) is 20.0 Å². The van der Waals surface area contributed by atoms with E-state index in [0.29, 0.717) is 11.1 Å². The lowest BCUT2D eigenvalue weighted by Gasteiger charge is -2.52. The molecule has 2 aliphatic heterocycles. The molecule has 0 aliphatic carbocycles. The maximum absolute atomic E-state index is 14.1. The maximum Gasteiger partial charge on any atom is 0.332 e. The van der Waals surface area contributed by atoms with Crippen LogP contribution in [-0.2, 0) is 9.59 Å². The van der Waals surface area contributed by atoms with E-state index >= 15 is 0 Å². The molecule has 0 bridgehead atoms. The highest BCUT2D eigenvalue weighted by molar-refractivity contribution is 6.20. The Morgan fingerprint density at radius 3 is 1.94 bits per heavy atom. The molecule has 4 N–H and O–H groups in total. The molecule has 3 heterocycles. The quantitative estimate of drug-likeness (QED) is 0.496. The van der Waals surface area contributed by atoms with Crippen molar-refractivity contribution < 1.29 is 14.4 Å². The average Bonchev–Trinajstić information content (AvgIpc) is 2.85. The van der Waals surface area contributed by atoms with Gasteiger partial charge in [0.2, 0.25) is 17.8 Å². The third kappa shape index (κ3) is 2.78. The molecule has 2 aliphatic rings. The number of rotatable bonds is 2. The monoisotopic (exact) mass is 458 g/mol. The van der Waals surface area contributed by atoms with Crippen LogP contribution in [0.5, 0.6) is 0 Å². The van der Waals surface area contributed by atoms with Crippen LogP contribution in [0.25, 0.3) is 0 Å². The molecule has 0 saturated carbocycles. The SMILES string of the molecule is CN1C(=O)N(C)C(=O)C2(C1=O)C(c1ccccc1)Nc1nc(N)[nH]c(=O)c1C2c1ccccc1. The lowest BCUT2D eigenvalue weighted by Crippen LogP contribution is -2.69. The number of carbonyl (C=O) groups excluding carboxylic acids is 3. The lowest BCUT2D eigenvalue weighted by atomic mass is 9.59. The van der Waals surface area contributed by atoms with Crippen LogP contribution < -0.4 is 16.6 Å². The van der Waals surface area contributed by atoms with Crippen LogP contribution in [0.2, 0.25) is 0 Å². The fourth-order valence-electron chi connectivity index (χ4n) is 5.13. The molecule has 3 aromatic rings. The smallest absolute Gasteiger partial charge is 0.332 e. The highest BCUT2D eigenvalue weighted by Gasteiger charge is 2.67. The number of carbonyl (C=O) groups is 3. The first-order valence-electron chi connectivity index (χ1n) is 10.6. The summed E-state index contributed by atoms with van der Waals surface area (Å²) < 4.78 is 0. The number of aromatic amines is 1. The molecule has 10 heteroatoms. The number of urea groups is 1. The molecular weight excluding hydrogens is 436 g/mol. The van der Waals surface area contributed by atoms with Crippen molar-refractivity contribution in [2.24, 2.45) is 5.41 Å². The largest absolute Gasteiger partial charge is 0.369 e. The zero-order valence-electron chi connectivity index (χ0n) is 18.5. The average molecular weight is 458 g/mol. The molecule has 5 rings (SSSR count). The number of nitrogen functional groups attached to an aromatic ring is 1. The number of fused-ring (bicyclic) bond motifs is 1. The van der Waals surface area contributed by atoms with E-state index in [0.717, 1.165) is 9.80 Å². The Labute approximate surface area is 194 Å². The number of nitrogens with two attached hydrogens (primary N) is 1. The van der Waals surface area contributed by atoms with E-state index in [2.05, 4.69) is 15.3 Å². The van der Waals surface area contributed by atoms with Crippen LogP contribution in [0.1, 0.15) is 28.7 Å². The van der Waals surface area contributed by atoms with Crippen LogP contribution in [0.15, 0.2) is 65.5 Å². The first-order chi connectivity index (χ1) is 16.3. The molecule has 4 amide bonds. The molecule has 172 valence electrons. The number of imide groups is 2. The van der Waals surface area contributed by atoms with Gasteiger partial charge in [0.1, 0.15) is 5.82 Å². The van der Waals surface area contributed by atoms with Crippen molar-refractivity contribution in [3.05, 3.63) is 87.7 Å². The number of anilines is 2. The van der Waals surface area contributed by atoms with E-state index < -0.39 is 40.8 Å². The van der Waals surface area contributed by atoms with Gasteiger partial charge in [0.25, 0.3) is 5.56 Å². The number of aromatic nitrogens is 2. The molecule has 2 unspecified atom stereocenters. The second-order valence-electron chi connectivity index (χ2n) is 8.43. The summed E-state index contributed by atoms with van der Waals surface area (Å²) in [5, 5.41) is 3.15. The zero-order valence-corrected chi connectivity index (χ0v) is 18.5. The molecule has 0 radical (unpaired) electrons. The standard InChI is InChI=1S/C24H22N6O4/c1-29-20(32)24(21(33)30(2)23(29)34)16(13-9-5-3-6-10-13)15-18(27-22(25)28-19(15)31)26-17(24)14-11-7-4-8-12-14/h3-12,16-17H,1-2H3,(H4,25,26,27,28,31). The third-order valence-corrected chi connectivity index (χ3v) is 6.61. The number of benzene rings is 2. The van der Waals surface area contributed by atoms with E-state index in [9.17, 15) is 19.2 Å². The van der Waals surface area contributed by atoms with Gasteiger partial charge in [-0.25, -0.2) is 4.79 Å². The number of nitrogens with one attached hydrogen (secondary N) is 2. The van der Waals surface area contributed by atoms with Crippen LogP contribution >= 0.6 is 0 Å². The molecule has 1 fully saturated rings. The second kappa shape index (κ2) is 7.55. The van der Waals surface area contributed by atoms with Gasteiger partial charge in [0.15, 0.2) is 5.41 Å². The summed E-state index contributed by atoms with van der Waals surface area (Å²) in [7, 11) is 2.67. The molecule has 1 spiro atoms. The predicted molar refractivity (Wildman–Crippen MR) is 124 cm³/mol. The molecule has 1 saturated heterocycles. The number of barbiturate groups is 1. The highest BCUT2D eigenvalue weighted by Crippen LogP contribution is 2.57. The lowest BCUT2D eigenvalue weighted by molar-refractivity contribution is -0.160.